The highest BCUT2D eigenvalue weighted by Crippen LogP contribution is 2.29. The molecule has 0 aliphatic heterocycles. The third kappa shape index (κ3) is 4.61. The predicted octanol–water partition coefficient (Wildman–Crippen LogP) is 2.76. The van der Waals surface area contributed by atoms with Gasteiger partial charge in [0, 0.05) is 12.6 Å². The van der Waals surface area contributed by atoms with Crippen molar-refractivity contribution < 1.29 is 14.2 Å². The highest BCUT2D eigenvalue weighted by molar-refractivity contribution is 5.81. The summed E-state index contributed by atoms with van der Waals surface area (Å²) in [6.45, 7) is 3.77. The zero-order valence-corrected chi connectivity index (χ0v) is 16.6. The molecule has 2 aromatic carbocycles. The van der Waals surface area contributed by atoms with Crippen molar-refractivity contribution in [3.05, 3.63) is 58.1 Å². The molecule has 1 N–H and O–H groups in total. The minimum Gasteiger partial charge on any atom is -0.493 e. The summed E-state index contributed by atoms with van der Waals surface area (Å²) in [5.41, 5.74) is 1.53. The Morgan fingerprint density at radius 2 is 1.86 bits per heavy atom. The zero-order chi connectivity index (χ0) is 20.1. The number of H-pyrrole nitrogens is 1. The average molecular weight is 383 g/mol. The molecule has 0 fully saturated rings. The van der Waals surface area contributed by atoms with E-state index in [1.54, 1.807) is 19.2 Å². The fraction of sp³-hybridized carbons (Fsp3) is 0.333. The fourth-order valence-corrected chi connectivity index (χ4v) is 2.95. The van der Waals surface area contributed by atoms with E-state index >= 15 is 0 Å². The molecule has 0 saturated carbocycles. The molecule has 148 valence electrons. The van der Waals surface area contributed by atoms with Crippen LogP contribution in [0.25, 0.3) is 10.9 Å². The Morgan fingerprint density at radius 3 is 2.57 bits per heavy atom. The Hall–Kier alpha value is -3.06. The zero-order valence-electron chi connectivity index (χ0n) is 16.6. The minimum absolute atomic E-state index is 0.203. The van der Waals surface area contributed by atoms with Crippen molar-refractivity contribution in [2.75, 3.05) is 34.4 Å². The quantitative estimate of drug-likeness (QED) is 0.645. The van der Waals surface area contributed by atoms with Gasteiger partial charge >= 0.3 is 0 Å². The van der Waals surface area contributed by atoms with Crippen LogP contribution in [0.15, 0.2) is 41.2 Å². The van der Waals surface area contributed by atoms with Crippen LogP contribution >= 0.6 is 0 Å². The number of nitrogens with one attached hydrogen (secondary N) is 1. The molecule has 0 atom stereocenters. The molecular formula is C21H25N3O4. The van der Waals surface area contributed by atoms with Gasteiger partial charge < -0.3 is 19.2 Å². The number of aromatic nitrogens is 2. The number of fused-ring (bicyclic) bond motifs is 1. The van der Waals surface area contributed by atoms with Crippen LogP contribution in [0, 0.1) is 6.92 Å². The second-order valence-electron chi connectivity index (χ2n) is 6.64. The third-order valence-electron chi connectivity index (χ3n) is 4.41. The summed E-state index contributed by atoms with van der Waals surface area (Å²) >= 11 is 0. The molecule has 0 radical (unpaired) electrons. The maximum Gasteiger partial charge on any atom is 0.258 e. The number of aryl methyl sites for hydroxylation is 1. The normalized spacial score (nSPS) is 11.0. The Balaban J connectivity index is 1.68. The van der Waals surface area contributed by atoms with E-state index in [9.17, 15) is 4.79 Å². The lowest BCUT2D eigenvalue weighted by Gasteiger charge is -2.17. The maximum atomic E-state index is 12.4. The lowest BCUT2D eigenvalue weighted by atomic mass is 10.2. The fourth-order valence-electron chi connectivity index (χ4n) is 2.95. The number of nitrogens with zero attached hydrogens (tertiary/aromatic N) is 2. The van der Waals surface area contributed by atoms with E-state index in [0.717, 1.165) is 11.3 Å². The summed E-state index contributed by atoms with van der Waals surface area (Å²) in [5.74, 6) is 2.48. The number of rotatable bonds is 8. The average Bonchev–Trinajstić information content (AvgIpc) is 2.67. The first-order valence-corrected chi connectivity index (χ1v) is 9.03. The second kappa shape index (κ2) is 8.75. The Bertz CT molecular complexity index is 1020. The van der Waals surface area contributed by atoms with Gasteiger partial charge in [-0.15, -0.1) is 0 Å². The Labute approximate surface area is 163 Å². The van der Waals surface area contributed by atoms with Gasteiger partial charge in [-0.1, -0.05) is 12.1 Å². The van der Waals surface area contributed by atoms with Crippen LogP contribution in [-0.4, -0.2) is 49.3 Å². The van der Waals surface area contributed by atoms with E-state index in [1.807, 2.05) is 43.1 Å². The van der Waals surface area contributed by atoms with Crippen LogP contribution in [0.3, 0.4) is 0 Å². The van der Waals surface area contributed by atoms with Crippen LogP contribution in [0.5, 0.6) is 17.2 Å². The highest BCUT2D eigenvalue weighted by Gasteiger charge is 2.12. The standard InChI is InChI=1S/C21H25N3O4/c1-14-6-5-7-15(10-14)28-9-8-24(2)13-20-22-17-12-19(27-4)18(26-3)11-16(17)21(25)23-20/h5-7,10-12H,8-9,13H2,1-4H3,(H,22,23,25). The molecule has 7 nitrogen and oxygen atoms in total. The van der Waals surface area contributed by atoms with E-state index < -0.39 is 0 Å². The number of aromatic amines is 1. The number of likely N-dealkylation sites (N-methyl/N-ethyl adjacent to an activating group) is 1. The first-order valence-electron chi connectivity index (χ1n) is 9.03. The molecule has 0 amide bonds. The molecular weight excluding hydrogens is 358 g/mol. The van der Waals surface area contributed by atoms with Crippen LogP contribution in [0.1, 0.15) is 11.4 Å². The summed E-state index contributed by atoms with van der Waals surface area (Å²) in [5, 5.41) is 0.465. The summed E-state index contributed by atoms with van der Waals surface area (Å²) in [6.07, 6.45) is 0. The Morgan fingerprint density at radius 1 is 1.11 bits per heavy atom. The van der Waals surface area contributed by atoms with Crippen molar-refractivity contribution in [2.24, 2.45) is 0 Å². The Kier molecular flexibility index (Phi) is 6.16. The van der Waals surface area contributed by atoms with Crippen LogP contribution in [0.4, 0.5) is 0 Å². The summed E-state index contributed by atoms with van der Waals surface area (Å²) in [4.78, 5) is 21.9. The molecule has 1 heterocycles. The van der Waals surface area contributed by atoms with Crippen molar-refractivity contribution in [1.82, 2.24) is 14.9 Å². The van der Waals surface area contributed by atoms with Gasteiger partial charge in [-0.25, -0.2) is 4.98 Å². The predicted molar refractivity (Wildman–Crippen MR) is 108 cm³/mol. The van der Waals surface area contributed by atoms with Crippen molar-refractivity contribution in [1.29, 1.82) is 0 Å². The molecule has 0 aliphatic rings. The van der Waals surface area contributed by atoms with Gasteiger partial charge in [0.1, 0.15) is 18.2 Å². The van der Waals surface area contributed by atoms with Crippen molar-refractivity contribution in [3.8, 4) is 17.2 Å². The number of benzene rings is 2. The first kappa shape index (κ1) is 19.7. The van der Waals surface area contributed by atoms with Crippen LogP contribution < -0.4 is 19.8 Å². The summed E-state index contributed by atoms with van der Waals surface area (Å²) in [7, 11) is 5.05. The van der Waals surface area contributed by atoms with Crippen LogP contribution in [-0.2, 0) is 6.54 Å². The van der Waals surface area contributed by atoms with E-state index in [-0.39, 0.29) is 5.56 Å². The summed E-state index contributed by atoms with van der Waals surface area (Å²) in [6, 6.07) is 11.3. The molecule has 1 aromatic heterocycles. The molecule has 7 heteroatoms. The monoisotopic (exact) mass is 383 g/mol. The first-order chi connectivity index (χ1) is 13.5. The number of hydrogen-bond acceptors (Lipinski definition) is 6. The van der Waals surface area contributed by atoms with Gasteiger partial charge in [0.15, 0.2) is 11.5 Å². The topological polar surface area (TPSA) is 76.7 Å². The van der Waals surface area contributed by atoms with Gasteiger partial charge in [-0.3, -0.25) is 9.69 Å². The molecule has 0 unspecified atom stereocenters. The van der Waals surface area contributed by atoms with Crippen molar-refractivity contribution in [3.63, 3.8) is 0 Å². The SMILES string of the molecule is COc1cc2nc(CN(C)CCOc3cccc(C)c3)[nH]c(=O)c2cc1OC. The molecule has 0 aliphatic carbocycles. The van der Waals surface area contributed by atoms with Crippen molar-refractivity contribution in [2.45, 2.75) is 13.5 Å². The molecule has 0 bridgehead atoms. The van der Waals surface area contributed by atoms with Gasteiger partial charge in [0.2, 0.25) is 0 Å². The molecule has 28 heavy (non-hydrogen) atoms. The lowest BCUT2D eigenvalue weighted by molar-refractivity contribution is 0.229. The lowest BCUT2D eigenvalue weighted by Crippen LogP contribution is -2.26. The molecule has 3 rings (SSSR count). The summed E-state index contributed by atoms with van der Waals surface area (Å²) < 4.78 is 16.3. The highest BCUT2D eigenvalue weighted by atomic mass is 16.5. The minimum atomic E-state index is -0.203. The maximum absolute atomic E-state index is 12.4. The van der Waals surface area contributed by atoms with Gasteiger partial charge in [-0.2, -0.15) is 0 Å². The van der Waals surface area contributed by atoms with Crippen LogP contribution in [0.2, 0.25) is 0 Å². The van der Waals surface area contributed by atoms with Gasteiger partial charge in [0.05, 0.1) is 31.7 Å². The van der Waals surface area contributed by atoms with Gasteiger partial charge in [-0.05, 0) is 37.7 Å². The van der Waals surface area contributed by atoms with E-state index in [0.29, 0.717) is 47.9 Å². The number of ether oxygens (including phenoxy) is 3. The van der Waals surface area contributed by atoms with E-state index in [2.05, 4.69) is 9.97 Å². The third-order valence-corrected chi connectivity index (χ3v) is 4.41. The molecule has 0 spiro atoms. The number of hydrogen-bond donors (Lipinski definition) is 1. The second-order valence-corrected chi connectivity index (χ2v) is 6.64. The molecule has 3 aromatic rings. The van der Waals surface area contributed by atoms with E-state index in [1.165, 1.54) is 7.11 Å². The van der Waals surface area contributed by atoms with Gasteiger partial charge in [0.25, 0.3) is 5.56 Å². The largest absolute Gasteiger partial charge is 0.493 e. The van der Waals surface area contributed by atoms with E-state index in [4.69, 9.17) is 14.2 Å². The molecule has 0 saturated heterocycles. The van der Waals surface area contributed by atoms with Crippen molar-refractivity contribution >= 4 is 10.9 Å². The smallest absolute Gasteiger partial charge is 0.258 e. The number of methoxy groups -OCH3 is 2.